The molecule has 0 bridgehead atoms. The lowest BCUT2D eigenvalue weighted by Gasteiger charge is -2.46. The molecular formula is C26H30N6O2S. The second-order valence-electron chi connectivity index (χ2n) is 9.66. The summed E-state index contributed by atoms with van der Waals surface area (Å²) in [4.78, 5) is 34.0. The molecule has 1 aromatic heterocycles. The minimum atomic E-state index is -0.178. The Balaban J connectivity index is 1.32. The summed E-state index contributed by atoms with van der Waals surface area (Å²) in [7, 11) is 0. The first-order valence-electron chi connectivity index (χ1n) is 12.4. The van der Waals surface area contributed by atoms with Gasteiger partial charge in [0.15, 0.2) is 0 Å². The molecule has 35 heavy (non-hydrogen) atoms. The molecule has 6 rings (SSSR count). The summed E-state index contributed by atoms with van der Waals surface area (Å²) >= 11 is 1.55. The van der Waals surface area contributed by atoms with Crippen molar-refractivity contribution in [3.8, 4) is 11.3 Å². The van der Waals surface area contributed by atoms with Crippen LogP contribution in [0.4, 0.5) is 10.5 Å². The predicted octanol–water partition coefficient (Wildman–Crippen LogP) is 2.72. The third-order valence-electron chi connectivity index (χ3n) is 7.38. The van der Waals surface area contributed by atoms with E-state index in [-0.39, 0.29) is 35.3 Å². The second-order valence-corrected chi connectivity index (χ2v) is 10.8. The molecule has 0 radical (unpaired) electrons. The smallest absolute Gasteiger partial charge is 0.326 e. The number of aryl methyl sites for hydroxylation is 1. The van der Waals surface area contributed by atoms with E-state index in [0.717, 1.165) is 67.1 Å². The van der Waals surface area contributed by atoms with Gasteiger partial charge < -0.3 is 21.3 Å². The average molecular weight is 491 g/mol. The number of nitrogens with one attached hydrogen (secondary N) is 4. The highest BCUT2D eigenvalue weighted by Gasteiger charge is 2.52. The molecule has 4 atom stereocenters. The van der Waals surface area contributed by atoms with Crippen molar-refractivity contribution in [2.45, 2.75) is 43.6 Å². The second kappa shape index (κ2) is 9.29. The number of aromatic nitrogens is 1. The Kier molecular flexibility index (Phi) is 5.99. The molecule has 4 aliphatic rings. The zero-order valence-electron chi connectivity index (χ0n) is 19.7. The zero-order chi connectivity index (χ0) is 23.9. The highest BCUT2D eigenvalue weighted by atomic mass is 32.2. The van der Waals surface area contributed by atoms with Crippen LogP contribution in [-0.2, 0) is 4.79 Å². The summed E-state index contributed by atoms with van der Waals surface area (Å²) in [6, 6.07) is 12.0. The minimum absolute atomic E-state index is 0.0242. The summed E-state index contributed by atoms with van der Waals surface area (Å²) in [6.45, 7) is 4.58. The van der Waals surface area contributed by atoms with Gasteiger partial charge >= 0.3 is 6.03 Å². The number of amides is 3. The van der Waals surface area contributed by atoms with Gasteiger partial charge in [-0.25, -0.2) is 4.79 Å². The van der Waals surface area contributed by atoms with Crippen molar-refractivity contribution in [1.82, 2.24) is 26.3 Å². The normalized spacial score (nSPS) is 27.9. The van der Waals surface area contributed by atoms with Crippen LogP contribution in [0.5, 0.6) is 0 Å². The molecule has 4 aliphatic heterocycles. The number of piperidine rings is 2. The molecule has 4 N–H and O–H groups in total. The Morgan fingerprint density at radius 2 is 2.06 bits per heavy atom. The van der Waals surface area contributed by atoms with Gasteiger partial charge in [0.2, 0.25) is 0 Å². The van der Waals surface area contributed by atoms with Gasteiger partial charge in [0.1, 0.15) is 0 Å². The van der Waals surface area contributed by atoms with E-state index in [2.05, 4.69) is 26.3 Å². The van der Waals surface area contributed by atoms with Crippen LogP contribution >= 0.6 is 11.8 Å². The Bertz CT molecular complexity index is 1180. The number of thioether (sulfide) groups is 1. The molecule has 0 saturated carbocycles. The Labute approximate surface area is 209 Å². The first-order chi connectivity index (χ1) is 17.1. The molecule has 182 valence electrons. The first kappa shape index (κ1) is 22.6. The van der Waals surface area contributed by atoms with Crippen LogP contribution in [0, 0.1) is 12.8 Å². The van der Waals surface area contributed by atoms with E-state index < -0.39 is 0 Å². The third kappa shape index (κ3) is 4.11. The van der Waals surface area contributed by atoms with E-state index in [9.17, 15) is 9.59 Å². The van der Waals surface area contributed by atoms with E-state index in [1.165, 1.54) is 0 Å². The number of urea groups is 1. The number of benzene rings is 1. The van der Waals surface area contributed by atoms with Gasteiger partial charge in [-0.1, -0.05) is 42.1 Å². The lowest BCUT2D eigenvalue weighted by molar-refractivity contribution is -0.117. The van der Waals surface area contributed by atoms with Crippen molar-refractivity contribution in [3.63, 3.8) is 0 Å². The fourth-order valence-electron chi connectivity index (χ4n) is 5.67. The topological polar surface area (TPSA) is 98.4 Å². The number of rotatable bonds is 4. The maximum atomic E-state index is 13.6. The molecular weight excluding hydrogens is 460 g/mol. The molecule has 0 aliphatic carbocycles. The first-order valence-corrected chi connectivity index (χ1v) is 13.3. The number of anilines is 1. The van der Waals surface area contributed by atoms with E-state index in [0.29, 0.717) is 4.91 Å². The molecule has 5 heterocycles. The van der Waals surface area contributed by atoms with Gasteiger partial charge in [-0.2, -0.15) is 0 Å². The molecule has 2 aromatic rings. The van der Waals surface area contributed by atoms with Crippen LogP contribution in [0.15, 0.2) is 53.2 Å². The van der Waals surface area contributed by atoms with Crippen LogP contribution in [0.25, 0.3) is 11.3 Å². The average Bonchev–Trinajstić information content (AvgIpc) is 3.26. The molecule has 3 unspecified atom stereocenters. The molecule has 8 nitrogen and oxygen atoms in total. The molecule has 3 saturated heterocycles. The summed E-state index contributed by atoms with van der Waals surface area (Å²) in [5.74, 6) is -0.0433. The number of carbonyl (C=O) groups is 2. The fourth-order valence-corrected chi connectivity index (χ4v) is 7.07. The summed E-state index contributed by atoms with van der Waals surface area (Å²) in [5, 5.41) is 13.3. The summed E-state index contributed by atoms with van der Waals surface area (Å²) in [5.41, 5.74) is 4.46. The van der Waals surface area contributed by atoms with E-state index >= 15 is 0 Å². The molecule has 9 heteroatoms. The van der Waals surface area contributed by atoms with Crippen LogP contribution in [-0.4, -0.2) is 54.0 Å². The zero-order valence-corrected chi connectivity index (χ0v) is 20.5. The van der Waals surface area contributed by atoms with Crippen molar-refractivity contribution in [1.29, 1.82) is 0 Å². The van der Waals surface area contributed by atoms with Crippen LogP contribution in [0.3, 0.4) is 0 Å². The Hall–Kier alpha value is -2.88. The Morgan fingerprint density at radius 1 is 1.20 bits per heavy atom. The highest BCUT2D eigenvalue weighted by Crippen LogP contribution is 2.48. The fraction of sp³-hybridized carbons (Fsp3) is 0.423. The van der Waals surface area contributed by atoms with Gasteiger partial charge in [-0.15, -0.1) is 0 Å². The monoisotopic (exact) mass is 490 g/mol. The number of nitrogens with zero attached hydrogens (tertiary/aromatic N) is 2. The van der Waals surface area contributed by atoms with Gasteiger partial charge in [0.25, 0.3) is 5.91 Å². The lowest BCUT2D eigenvalue weighted by Crippen LogP contribution is -2.62. The van der Waals surface area contributed by atoms with Crippen LogP contribution < -0.4 is 26.2 Å². The molecule has 0 spiro atoms. The van der Waals surface area contributed by atoms with Crippen LogP contribution in [0.2, 0.25) is 0 Å². The van der Waals surface area contributed by atoms with E-state index in [1.54, 1.807) is 11.8 Å². The van der Waals surface area contributed by atoms with Crippen molar-refractivity contribution in [2.24, 2.45) is 5.92 Å². The van der Waals surface area contributed by atoms with Crippen molar-refractivity contribution < 1.29 is 9.59 Å². The summed E-state index contributed by atoms with van der Waals surface area (Å²) < 4.78 is 0. The predicted molar refractivity (Wildman–Crippen MR) is 138 cm³/mol. The van der Waals surface area contributed by atoms with Gasteiger partial charge in [-0.3, -0.25) is 14.7 Å². The van der Waals surface area contributed by atoms with Crippen molar-refractivity contribution in [2.75, 3.05) is 24.5 Å². The van der Waals surface area contributed by atoms with Crippen molar-refractivity contribution in [3.05, 3.63) is 58.8 Å². The Morgan fingerprint density at radius 3 is 2.86 bits per heavy atom. The van der Waals surface area contributed by atoms with Crippen LogP contribution in [0.1, 0.15) is 24.8 Å². The largest absolute Gasteiger partial charge is 0.348 e. The standard InChI is InChI=1S/C26H30N6O2S/c1-15-13-29-18(16-6-3-2-4-7-16)12-20(15)32-19-9-11-28-25-21(19)22(31-26(32)34)23(35-25)24(33)30-17-8-5-10-27-14-17/h2-4,6-7,12-13,17,19,21,25,27-28H,5,8-11,14H2,1H3,(H,30,33)(H,31,34)/t17-,19?,21?,25?/m1/s1. The molecule has 3 fully saturated rings. The SMILES string of the molecule is Cc1cnc(-c2ccccc2)cc1N1C(=O)NC2=C(C(=O)N[C@@H]3CCCNC3)SC3NCCC1C23. The maximum absolute atomic E-state index is 13.6. The quantitative estimate of drug-likeness (QED) is 0.526. The number of pyridine rings is 1. The van der Waals surface area contributed by atoms with Gasteiger partial charge in [-0.05, 0) is 50.9 Å². The maximum Gasteiger partial charge on any atom is 0.326 e. The van der Waals surface area contributed by atoms with E-state index in [1.807, 2.05) is 54.4 Å². The number of carbonyl (C=O) groups excluding carboxylic acids is 2. The summed E-state index contributed by atoms with van der Waals surface area (Å²) in [6.07, 6.45) is 4.70. The molecule has 1 aromatic carbocycles. The van der Waals surface area contributed by atoms with E-state index in [4.69, 9.17) is 0 Å². The van der Waals surface area contributed by atoms with Gasteiger partial charge in [0, 0.05) is 36.0 Å². The molecule has 3 amide bonds. The third-order valence-corrected chi connectivity index (χ3v) is 8.74. The minimum Gasteiger partial charge on any atom is -0.348 e. The number of hydrogen-bond donors (Lipinski definition) is 4. The van der Waals surface area contributed by atoms with Crippen molar-refractivity contribution >= 4 is 29.4 Å². The number of hydrogen-bond acceptors (Lipinski definition) is 6. The van der Waals surface area contributed by atoms with Gasteiger partial charge in [0.05, 0.1) is 27.7 Å². The highest BCUT2D eigenvalue weighted by molar-refractivity contribution is 8.04. The lowest BCUT2D eigenvalue weighted by atomic mass is 9.86.